The molecule has 1 aliphatic heterocycles. The van der Waals surface area contributed by atoms with Gasteiger partial charge in [-0.05, 0) is 48.4 Å². The Kier molecular flexibility index (Phi) is 4.02. The fraction of sp³-hybridized carbons (Fsp3) is 0.118. The first-order valence-corrected chi connectivity index (χ1v) is 7.14. The van der Waals surface area contributed by atoms with Crippen molar-refractivity contribution in [1.82, 2.24) is 0 Å². The molecule has 112 valence electrons. The first-order valence-electron chi connectivity index (χ1n) is 6.77. The molecule has 4 nitrogen and oxygen atoms in total. The van der Waals surface area contributed by atoms with Gasteiger partial charge in [-0.3, -0.25) is 4.79 Å². The van der Waals surface area contributed by atoms with Gasteiger partial charge in [0.25, 0.3) is 0 Å². The Hall–Kier alpha value is -2.46. The molecule has 5 heteroatoms. The van der Waals surface area contributed by atoms with Gasteiger partial charge in [0.1, 0.15) is 0 Å². The van der Waals surface area contributed by atoms with Gasteiger partial charge in [-0.1, -0.05) is 23.7 Å². The first kappa shape index (κ1) is 14.5. The molecule has 22 heavy (non-hydrogen) atoms. The van der Waals surface area contributed by atoms with E-state index < -0.39 is 0 Å². The summed E-state index contributed by atoms with van der Waals surface area (Å²) >= 11 is 6.03. The van der Waals surface area contributed by atoms with E-state index in [1.807, 2.05) is 37.3 Å². The second-order valence-corrected chi connectivity index (χ2v) is 5.31. The zero-order valence-corrected chi connectivity index (χ0v) is 12.7. The van der Waals surface area contributed by atoms with E-state index in [-0.39, 0.29) is 12.7 Å². The van der Waals surface area contributed by atoms with Crippen LogP contribution < -0.4 is 14.8 Å². The number of rotatable bonds is 3. The van der Waals surface area contributed by atoms with Crippen molar-refractivity contribution in [3.8, 4) is 11.5 Å². The maximum atomic E-state index is 11.9. The second kappa shape index (κ2) is 6.12. The van der Waals surface area contributed by atoms with Crippen LogP contribution in [-0.4, -0.2) is 12.7 Å². The maximum absolute atomic E-state index is 11.9. The van der Waals surface area contributed by atoms with Crippen LogP contribution in [0.4, 0.5) is 5.69 Å². The minimum Gasteiger partial charge on any atom is -0.454 e. The van der Waals surface area contributed by atoms with Crippen molar-refractivity contribution in [1.29, 1.82) is 0 Å². The number of amides is 1. The van der Waals surface area contributed by atoms with E-state index >= 15 is 0 Å². The van der Waals surface area contributed by atoms with E-state index in [0.29, 0.717) is 16.5 Å². The van der Waals surface area contributed by atoms with Crippen molar-refractivity contribution in [3.05, 3.63) is 58.6 Å². The predicted octanol–water partition coefficient (Wildman–Crippen LogP) is 4.03. The van der Waals surface area contributed by atoms with Gasteiger partial charge in [-0.25, -0.2) is 0 Å². The smallest absolute Gasteiger partial charge is 0.248 e. The van der Waals surface area contributed by atoms with E-state index in [9.17, 15) is 4.79 Å². The molecule has 2 aromatic carbocycles. The summed E-state index contributed by atoms with van der Waals surface area (Å²) in [5.74, 6) is 1.18. The number of carbonyl (C=O) groups is 1. The predicted molar refractivity (Wildman–Crippen MR) is 86.4 cm³/mol. The lowest BCUT2D eigenvalue weighted by atomic mass is 10.2. The summed E-state index contributed by atoms with van der Waals surface area (Å²) < 4.78 is 10.5. The molecular formula is C17H14ClNO3. The van der Waals surface area contributed by atoms with Crippen LogP contribution in [0.25, 0.3) is 6.08 Å². The van der Waals surface area contributed by atoms with Crippen LogP contribution in [0.15, 0.2) is 42.5 Å². The van der Waals surface area contributed by atoms with Gasteiger partial charge < -0.3 is 14.8 Å². The van der Waals surface area contributed by atoms with Crippen molar-refractivity contribution < 1.29 is 14.3 Å². The molecule has 1 N–H and O–H groups in total. The topological polar surface area (TPSA) is 47.6 Å². The zero-order valence-electron chi connectivity index (χ0n) is 11.9. The molecule has 0 unspecified atom stereocenters. The van der Waals surface area contributed by atoms with Crippen LogP contribution in [0, 0.1) is 6.92 Å². The molecule has 0 aromatic heterocycles. The SMILES string of the molecule is Cc1ccc(NC(=O)/C=C/c2ccc3c(c2)OCO3)cc1Cl. The van der Waals surface area contributed by atoms with Crippen LogP contribution in [0.2, 0.25) is 5.02 Å². The van der Waals surface area contributed by atoms with Crippen molar-refractivity contribution in [3.63, 3.8) is 0 Å². The highest BCUT2D eigenvalue weighted by molar-refractivity contribution is 6.31. The minimum absolute atomic E-state index is 0.224. The first-order chi connectivity index (χ1) is 10.6. The molecule has 3 rings (SSSR count). The summed E-state index contributed by atoms with van der Waals surface area (Å²) in [6.45, 7) is 2.14. The quantitative estimate of drug-likeness (QED) is 0.870. The molecule has 0 atom stereocenters. The monoisotopic (exact) mass is 315 g/mol. The number of hydrogen-bond donors (Lipinski definition) is 1. The summed E-state index contributed by atoms with van der Waals surface area (Å²) in [6, 6.07) is 10.9. The van der Waals surface area contributed by atoms with Crippen LogP contribution in [0.3, 0.4) is 0 Å². The average Bonchev–Trinajstić information content (AvgIpc) is 2.96. The number of halogens is 1. The highest BCUT2D eigenvalue weighted by Crippen LogP contribution is 2.32. The molecule has 0 spiro atoms. The molecule has 0 saturated heterocycles. The van der Waals surface area contributed by atoms with Crippen LogP contribution in [-0.2, 0) is 4.79 Å². The third-order valence-corrected chi connectivity index (χ3v) is 3.67. The van der Waals surface area contributed by atoms with E-state index in [1.165, 1.54) is 6.08 Å². The Morgan fingerprint density at radius 3 is 2.82 bits per heavy atom. The number of ether oxygens (including phenoxy) is 2. The molecule has 1 aliphatic rings. The zero-order chi connectivity index (χ0) is 15.5. The standard InChI is InChI=1S/C17H14ClNO3/c1-11-2-5-13(9-14(11)18)19-17(20)7-4-12-3-6-15-16(8-12)22-10-21-15/h2-9H,10H2,1H3,(H,19,20)/b7-4+. The van der Waals surface area contributed by atoms with Crippen molar-refractivity contribution >= 4 is 29.3 Å². The van der Waals surface area contributed by atoms with Crippen molar-refractivity contribution in [2.24, 2.45) is 0 Å². The number of hydrogen-bond acceptors (Lipinski definition) is 3. The molecule has 2 aromatic rings. The van der Waals surface area contributed by atoms with E-state index in [4.69, 9.17) is 21.1 Å². The lowest BCUT2D eigenvalue weighted by Gasteiger charge is -2.04. The van der Waals surface area contributed by atoms with E-state index in [0.717, 1.165) is 16.9 Å². The Morgan fingerprint density at radius 2 is 2.00 bits per heavy atom. The number of benzene rings is 2. The maximum Gasteiger partial charge on any atom is 0.248 e. The number of fused-ring (bicyclic) bond motifs is 1. The summed E-state index contributed by atoms with van der Waals surface area (Å²) in [4.78, 5) is 11.9. The third kappa shape index (κ3) is 3.23. The van der Waals surface area contributed by atoms with Crippen molar-refractivity contribution in [2.75, 3.05) is 12.1 Å². The van der Waals surface area contributed by atoms with Crippen LogP contribution >= 0.6 is 11.6 Å². The molecule has 1 heterocycles. The third-order valence-electron chi connectivity index (χ3n) is 3.26. The van der Waals surface area contributed by atoms with Gasteiger partial charge in [0.05, 0.1) is 0 Å². The minimum atomic E-state index is -0.224. The number of nitrogens with one attached hydrogen (secondary N) is 1. The van der Waals surface area contributed by atoms with Gasteiger partial charge in [0.15, 0.2) is 11.5 Å². The van der Waals surface area contributed by atoms with Gasteiger partial charge in [-0.2, -0.15) is 0 Å². The molecule has 0 saturated carbocycles. The molecule has 0 fully saturated rings. The van der Waals surface area contributed by atoms with Gasteiger partial charge in [-0.15, -0.1) is 0 Å². The van der Waals surface area contributed by atoms with E-state index in [1.54, 1.807) is 12.1 Å². The fourth-order valence-electron chi connectivity index (χ4n) is 2.04. The largest absolute Gasteiger partial charge is 0.454 e. The Morgan fingerprint density at radius 1 is 1.18 bits per heavy atom. The molecule has 0 aliphatic carbocycles. The van der Waals surface area contributed by atoms with Gasteiger partial charge >= 0.3 is 0 Å². The molecular weight excluding hydrogens is 302 g/mol. The van der Waals surface area contributed by atoms with Crippen LogP contribution in [0.5, 0.6) is 11.5 Å². The Bertz CT molecular complexity index is 756. The number of carbonyl (C=O) groups excluding carboxylic acids is 1. The summed E-state index contributed by atoms with van der Waals surface area (Å²) in [6.07, 6.45) is 3.18. The highest BCUT2D eigenvalue weighted by atomic mass is 35.5. The summed E-state index contributed by atoms with van der Waals surface area (Å²) in [5, 5.41) is 3.39. The summed E-state index contributed by atoms with van der Waals surface area (Å²) in [5.41, 5.74) is 2.49. The summed E-state index contributed by atoms with van der Waals surface area (Å²) in [7, 11) is 0. The number of aryl methyl sites for hydroxylation is 1. The molecule has 1 amide bonds. The lowest BCUT2D eigenvalue weighted by Crippen LogP contribution is -2.07. The number of anilines is 1. The van der Waals surface area contributed by atoms with Crippen molar-refractivity contribution in [2.45, 2.75) is 6.92 Å². The average molecular weight is 316 g/mol. The molecule has 0 radical (unpaired) electrons. The van der Waals surface area contributed by atoms with Gasteiger partial charge in [0.2, 0.25) is 12.7 Å². The van der Waals surface area contributed by atoms with Crippen LogP contribution in [0.1, 0.15) is 11.1 Å². The normalized spacial score (nSPS) is 12.6. The Balaban J connectivity index is 1.67. The lowest BCUT2D eigenvalue weighted by molar-refractivity contribution is -0.111. The highest BCUT2D eigenvalue weighted by Gasteiger charge is 2.12. The van der Waals surface area contributed by atoms with E-state index in [2.05, 4.69) is 5.32 Å². The van der Waals surface area contributed by atoms with Gasteiger partial charge in [0, 0.05) is 16.8 Å². The second-order valence-electron chi connectivity index (χ2n) is 4.90. The molecule has 0 bridgehead atoms. The Labute approximate surface area is 133 Å². The fourth-order valence-corrected chi connectivity index (χ4v) is 2.22.